The van der Waals surface area contributed by atoms with Gasteiger partial charge in [0.15, 0.2) is 6.10 Å². The summed E-state index contributed by atoms with van der Waals surface area (Å²) in [4.78, 5) is 34.7. The van der Waals surface area contributed by atoms with Crippen LogP contribution in [0.5, 0.6) is 0 Å². The molecule has 0 bridgehead atoms. The number of hydrogen-bond donors (Lipinski definition) is 1. The number of imide groups is 1. The average Bonchev–Trinajstić information content (AvgIpc) is 2.97. The Balaban J connectivity index is 1.98. The van der Waals surface area contributed by atoms with E-state index in [0.717, 1.165) is 12.0 Å². The Morgan fingerprint density at radius 3 is 2.53 bits per heavy atom. The van der Waals surface area contributed by atoms with Crippen molar-refractivity contribution in [3.63, 3.8) is 0 Å². The molecule has 1 N–H and O–H groups in total. The van der Waals surface area contributed by atoms with Crippen LogP contribution >= 0.6 is 0 Å². The molecule has 0 aromatic rings. The smallest absolute Gasteiger partial charge is 0.336 e. The summed E-state index contributed by atoms with van der Waals surface area (Å²) in [6, 6.07) is 0. The Labute approximate surface area is 85.8 Å². The van der Waals surface area contributed by atoms with Crippen LogP contribution in [0.3, 0.4) is 0 Å². The summed E-state index contributed by atoms with van der Waals surface area (Å²) in [5, 5.41) is 9.29. The number of β-amino-alcohol motifs (C(OH)–C–C–N with tert-alkyl or cyclic N) is 1. The van der Waals surface area contributed by atoms with Gasteiger partial charge in [0.1, 0.15) is 0 Å². The summed E-state index contributed by atoms with van der Waals surface area (Å²) in [6.07, 6.45) is -0.830. The number of methoxy groups -OCH3 is 1. The molecular formula is C9H11NO5. The minimum Gasteiger partial charge on any atom is -0.467 e. The summed E-state index contributed by atoms with van der Waals surface area (Å²) >= 11 is 0. The van der Waals surface area contributed by atoms with Crippen molar-refractivity contribution in [3.05, 3.63) is 0 Å². The number of aliphatic hydroxyl groups is 1. The van der Waals surface area contributed by atoms with Crippen molar-refractivity contribution in [1.82, 2.24) is 4.90 Å². The van der Waals surface area contributed by atoms with E-state index in [-0.39, 0.29) is 30.2 Å². The van der Waals surface area contributed by atoms with Gasteiger partial charge in [-0.25, -0.2) is 4.79 Å². The first-order chi connectivity index (χ1) is 7.06. The van der Waals surface area contributed by atoms with Crippen molar-refractivity contribution in [2.24, 2.45) is 11.8 Å². The summed E-state index contributed by atoms with van der Waals surface area (Å²) in [5.41, 5.74) is 0. The van der Waals surface area contributed by atoms with Crippen LogP contribution in [0.2, 0.25) is 0 Å². The van der Waals surface area contributed by atoms with Crippen molar-refractivity contribution in [3.8, 4) is 0 Å². The van der Waals surface area contributed by atoms with Gasteiger partial charge < -0.3 is 9.84 Å². The van der Waals surface area contributed by atoms with Crippen LogP contribution in [-0.2, 0) is 19.1 Å². The highest BCUT2D eigenvalue weighted by Crippen LogP contribution is 2.46. The topological polar surface area (TPSA) is 83.9 Å². The minimum atomic E-state index is -1.44. The highest BCUT2D eigenvalue weighted by atomic mass is 16.5. The second-order valence-corrected chi connectivity index (χ2v) is 3.77. The largest absolute Gasteiger partial charge is 0.467 e. The maximum Gasteiger partial charge on any atom is 0.336 e. The van der Waals surface area contributed by atoms with Gasteiger partial charge in [-0.3, -0.25) is 14.5 Å². The molecule has 1 saturated heterocycles. The summed E-state index contributed by atoms with van der Waals surface area (Å²) in [7, 11) is 1.14. The molecule has 6 heteroatoms. The van der Waals surface area contributed by atoms with E-state index in [2.05, 4.69) is 4.74 Å². The number of amides is 2. The summed E-state index contributed by atoms with van der Waals surface area (Å²) < 4.78 is 4.29. The highest BCUT2D eigenvalue weighted by molar-refractivity contribution is 6.09. The SMILES string of the molecule is COC(=O)C(O)CN1C(=O)C2CC2C1=O. The molecule has 15 heavy (non-hydrogen) atoms. The first-order valence-corrected chi connectivity index (χ1v) is 4.67. The van der Waals surface area contributed by atoms with E-state index in [0.29, 0.717) is 6.42 Å². The third-order valence-electron chi connectivity index (χ3n) is 2.79. The van der Waals surface area contributed by atoms with E-state index >= 15 is 0 Å². The molecule has 1 heterocycles. The van der Waals surface area contributed by atoms with Crippen LogP contribution in [-0.4, -0.2) is 47.5 Å². The van der Waals surface area contributed by atoms with Crippen LogP contribution in [0.15, 0.2) is 0 Å². The number of piperidine rings is 1. The lowest BCUT2D eigenvalue weighted by molar-refractivity contribution is -0.154. The predicted octanol–water partition coefficient (Wildman–Crippen LogP) is -1.47. The van der Waals surface area contributed by atoms with E-state index < -0.39 is 12.1 Å². The Hall–Kier alpha value is -1.43. The lowest BCUT2D eigenvalue weighted by Crippen LogP contribution is -2.42. The van der Waals surface area contributed by atoms with Crippen molar-refractivity contribution in [2.75, 3.05) is 13.7 Å². The molecule has 3 atom stereocenters. The molecule has 2 amide bonds. The van der Waals surface area contributed by atoms with E-state index in [1.165, 1.54) is 0 Å². The molecule has 2 fully saturated rings. The van der Waals surface area contributed by atoms with Crippen molar-refractivity contribution < 1.29 is 24.2 Å². The lowest BCUT2D eigenvalue weighted by Gasteiger charge is -2.18. The molecule has 1 aliphatic carbocycles. The van der Waals surface area contributed by atoms with Gasteiger partial charge in [0.2, 0.25) is 11.8 Å². The van der Waals surface area contributed by atoms with Crippen LogP contribution < -0.4 is 0 Å². The number of esters is 1. The molecule has 2 rings (SSSR count). The Bertz CT molecular complexity index is 319. The third kappa shape index (κ3) is 1.50. The van der Waals surface area contributed by atoms with E-state index in [9.17, 15) is 19.5 Å². The number of carbonyl (C=O) groups excluding carboxylic acids is 3. The van der Waals surface area contributed by atoms with E-state index in [4.69, 9.17) is 0 Å². The molecule has 1 aliphatic heterocycles. The van der Waals surface area contributed by atoms with Crippen molar-refractivity contribution >= 4 is 17.8 Å². The number of likely N-dealkylation sites (tertiary alicyclic amines) is 1. The maximum atomic E-state index is 11.4. The molecule has 0 aromatic heterocycles. The molecule has 0 spiro atoms. The lowest BCUT2D eigenvalue weighted by atomic mass is 10.3. The number of ether oxygens (including phenoxy) is 1. The fourth-order valence-corrected chi connectivity index (χ4v) is 1.81. The quantitative estimate of drug-likeness (QED) is 0.457. The van der Waals surface area contributed by atoms with Crippen molar-refractivity contribution in [2.45, 2.75) is 12.5 Å². The van der Waals surface area contributed by atoms with Gasteiger partial charge in [-0.2, -0.15) is 0 Å². The zero-order chi connectivity index (χ0) is 11.2. The van der Waals surface area contributed by atoms with E-state index in [1.54, 1.807) is 0 Å². The summed E-state index contributed by atoms with van der Waals surface area (Å²) in [6.45, 7) is -0.294. The van der Waals surface area contributed by atoms with Gasteiger partial charge >= 0.3 is 5.97 Å². The molecule has 82 valence electrons. The third-order valence-corrected chi connectivity index (χ3v) is 2.79. The first kappa shape index (κ1) is 10.1. The minimum absolute atomic E-state index is 0.206. The molecule has 3 unspecified atom stereocenters. The fraction of sp³-hybridized carbons (Fsp3) is 0.667. The van der Waals surface area contributed by atoms with Gasteiger partial charge in [-0.05, 0) is 6.42 Å². The van der Waals surface area contributed by atoms with Crippen LogP contribution in [0.25, 0.3) is 0 Å². The second-order valence-electron chi connectivity index (χ2n) is 3.77. The van der Waals surface area contributed by atoms with Crippen LogP contribution in [0.4, 0.5) is 0 Å². The zero-order valence-corrected chi connectivity index (χ0v) is 8.17. The molecular weight excluding hydrogens is 202 g/mol. The monoisotopic (exact) mass is 213 g/mol. The van der Waals surface area contributed by atoms with Gasteiger partial charge in [0.05, 0.1) is 25.5 Å². The Morgan fingerprint density at radius 2 is 2.07 bits per heavy atom. The predicted molar refractivity (Wildman–Crippen MR) is 46.3 cm³/mol. The van der Waals surface area contributed by atoms with Crippen LogP contribution in [0.1, 0.15) is 6.42 Å². The molecule has 6 nitrogen and oxygen atoms in total. The maximum absolute atomic E-state index is 11.4. The average molecular weight is 213 g/mol. The molecule has 0 radical (unpaired) electrons. The zero-order valence-electron chi connectivity index (χ0n) is 8.17. The van der Waals surface area contributed by atoms with Gasteiger partial charge in [-0.1, -0.05) is 0 Å². The second kappa shape index (κ2) is 3.30. The van der Waals surface area contributed by atoms with Gasteiger partial charge in [0, 0.05) is 0 Å². The van der Waals surface area contributed by atoms with Gasteiger partial charge in [0.25, 0.3) is 0 Å². The number of nitrogens with zero attached hydrogens (tertiary/aromatic N) is 1. The molecule has 0 aromatic carbocycles. The van der Waals surface area contributed by atoms with E-state index in [1.807, 2.05) is 0 Å². The number of fused-ring (bicyclic) bond motifs is 1. The Morgan fingerprint density at radius 1 is 1.53 bits per heavy atom. The molecule has 1 saturated carbocycles. The van der Waals surface area contributed by atoms with Crippen molar-refractivity contribution in [1.29, 1.82) is 0 Å². The number of aliphatic hydroxyl groups excluding tert-OH is 1. The van der Waals surface area contributed by atoms with Gasteiger partial charge in [-0.15, -0.1) is 0 Å². The number of rotatable bonds is 3. The standard InChI is InChI=1S/C9H11NO5/c1-15-9(14)6(11)3-10-7(12)4-2-5(4)8(10)13/h4-6,11H,2-3H2,1H3. The highest BCUT2D eigenvalue weighted by Gasteiger charge is 2.59. The molecule has 2 aliphatic rings. The Kier molecular flexibility index (Phi) is 2.22. The fourth-order valence-electron chi connectivity index (χ4n) is 1.81. The number of carbonyl (C=O) groups is 3. The number of hydrogen-bond acceptors (Lipinski definition) is 5. The first-order valence-electron chi connectivity index (χ1n) is 4.67. The summed E-state index contributed by atoms with van der Waals surface area (Å²) in [5.74, 6) is -1.82. The van der Waals surface area contributed by atoms with Crippen LogP contribution in [0, 0.1) is 11.8 Å². The normalized spacial score (nSPS) is 30.1.